The average molecular weight is 256 g/mol. The largest absolute Gasteiger partial charge is 0.479 e. The molecule has 0 saturated carbocycles. The Hall–Kier alpha value is -1.30. The van der Waals surface area contributed by atoms with Gasteiger partial charge in [-0.3, -0.25) is 0 Å². The lowest BCUT2D eigenvalue weighted by Gasteiger charge is -2.35. The Bertz CT molecular complexity index is 334. The van der Waals surface area contributed by atoms with E-state index in [1.165, 1.54) is 0 Å². The molecule has 0 spiro atoms. The van der Waals surface area contributed by atoms with Gasteiger partial charge >= 0.3 is 12.0 Å². The lowest BCUT2D eigenvalue weighted by molar-refractivity contribution is -0.154. The van der Waals surface area contributed by atoms with Crippen molar-refractivity contribution in [3.63, 3.8) is 0 Å². The number of hydrogen-bond donors (Lipinski definition) is 1. The Morgan fingerprint density at radius 1 is 1.39 bits per heavy atom. The van der Waals surface area contributed by atoms with Crippen LogP contribution in [0, 0.1) is 0 Å². The molecule has 2 fully saturated rings. The topological polar surface area (TPSA) is 70.1 Å². The van der Waals surface area contributed by atoms with Crippen LogP contribution in [0.15, 0.2) is 0 Å². The molecule has 0 aliphatic carbocycles. The molecule has 2 saturated heterocycles. The zero-order valence-electron chi connectivity index (χ0n) is 10.7. The van der Waals surface area contributed by atoms with E-state index < -0.39 is 12.1 Å². The van der Waals surface area contributed by atoms with Crippen LogP contribution < -0.4 is 0 Å². The van der Waals surface area contributed by atoms with E-state index in [1.807, 2.05) is 4.90 Å². The van der Waals surface area contributed by atoms with Gasteiger partial charge in [0.05, 0.1) is 13.2 Å². The third kappa shape index (κ3) is 2.58. The van der Waals surface area contributed by atoms with Crippen LogP contribution in [0.3, 0.4) is 0 Å². The number of urea groups is 1. The fraction of sp³-hybridized carbons (Fsp3) is 0.833. The second kappa shape index (κ2) is 5.56. The first kappa shape index (κ1) is 13.1. The molecule has 2 heterocycles. The van der Waals surface area contributed by atoms with Crippen molar-refractivity contribution in [1.82, 2.24) is 9.80 Å². The summed E-state index contributed by atoms with van der Waals surface area (Å²) in [6, 6.07) is 0.275. The van der Waals surface area contributed by atoms with Crippen molar-refractivity contribution in [2.45, 2.75) is 38.3 Å². The lowest BCUT2D eigenvalue weighted by atomic mass is 10.2. The number of rotatable bonds is 2. The van der Waals surface area contributed by atoms with Gasteiger partial charge < -0.3 is 19.6 Å². The number of ether oxygens (including phenoxy) is 1. The Labute approximate surface area is 106 Å². The SMILES string of the molecule is CCC1CCCN1C(=O)N1CCOC(C(=O)O)C1. The van der Waals surface area contributed by atoms with Crippen LogP contribution in [0.25, 0.3) is 0 Å². The van der Waals surface area contributed by atoms with Gasteiger partial charge in [0.15, 0.2) is 6.10 Å². The molecular formula is C12H20N2O4. The number of morpholine rings is 1. The molecule has 0 aromatic carbocycles. The minimum absolute atomic E-state index is 0.0334. The van der Waals surface area contributed by atoms with E-state index in [0.717, 1.165) is 25.8 Å². The van der Waals surface area contributed by atoms with Gasteiger partial charge in [0.1, 0.15) is 0 Å². The summed E-state index contributed by atoms with van der Waals surface area (Å²) in [5.74, 6) is -0.999. The van der Waals surface area contributed by atoms with Gasteiger partial charge in [0.25, 0.3) is 0 Å². The van der Waals surface area contributed by atoms with Crippen LogP contribution in [0.5, 0.6) is 0 Å². The van der Waals surface area contributed by atoms with Gasteiger partial charge in [-0.1, -0.05) is 6.92 Å². The molecule has 0 radical (unpaired) electrons. The summed E-state index contributed by atoms with van der Waals surface area (Å²) in [6.45, 7) is 3.80. The molecule has 0 bridgehead atoms. The van der Waals surface area contributed by atoms with Crippen molar-refractivity contribution in [2.75, 3.05) is 26.2 Å². The van der Waals surface area contributed by atoms with E-state index in [0.29, 0.717) is 19.2 Å². The van der Waals surface area contributed by atoms with Crippen LogP contribution in [0.1, 0.15) is 26.2 Å². The smallest absolute Gasteiger partial charge is 0.334 e. The molecule has 0 aromatic rings. The van der Waals surface area contributed by atoms with Gasteiger partial charge in [-0.2, -0.15) is 0 Å². The standard InChI is InChI=1S/C12H20N2O4/c1-2-9-4-3-5-14(9)12(17)13-6-7-18-10(8-13)11(15)16/h9-10H,2-8H2,1H3,(H,15,16). The number of amides is 2. The summed E-state index contributed by atoms with van der Waals surface area (Å²) in [4.78, 5) is 26.7. The normalized spacial score (nSPS) is 28.5. The molecule has 6 heteroatoms. The minimum atomic E-state index is -0.999. The Kier molecular flexibility index (Phi) is 4.06. The Morgan fingerprint density at radius 2 is 2.17 bits per heavy atom. The van der Waals surface area contributed by atoms with E-state index in [1.54, 1.807) is 4.90 Å². The maximum atomic E-state index is 12.3. The molecule has 0 aromatic heterocycles. The van der Waals surface area contributed by atoms with Gasteiger partial charge in [-0.25, -0.2) is 9.59 Å². The number of carboxylic acid groups (broad SMARTS) is 1. The van der Waals surface area contributed by atoms with Crippen molar-refractivity contribution >= 4 is 12.0 Å². The van der Waals surface area contributed by atoms with Crippen LogP contribution >= 0.6 is 0 Å². The summed E-state index contributed by atoms with van der Waals surface area (Å²) < 4.78 is 5.12. The molecule has 2 aliphatic rings. The molecular weight excluding hydrogens is 236 g/mol. The summed E-state index contributed by atoms with van der Waals surface area (Å²) in [5, 5.41) is 8.92. The molecule has 2 aliphatic heterocycles. The molecule has 102 valence electrons. The Morgan fingerprint density at radius 3 is 2.83 bits per heavy atom. The van der Waals surface area contributed by atoms with Crippen LogP contribution in [-0.2, 0) is 9.53 Å². The highest BCUT2D eigenvalue weighted by Gasteiger charge is 2.34. The van der Waals surface area contributed by atoms with Crippen LogP contribution in [0.2, 0.25) is 0 Å². The molecule has 2 rings (SSSR count). The first-order valence-electron chi connectivity index (χ1n) is 6.53. The average Bonchev–Trinajstić information content (AvgIpc) is 2.86. The third-order valence-corrected chi connectivity index (χ3v) is 3.71. The maximum Gasteiger partial charge on any atom is 0.334 e. The second-order valence-electron chi connectivity index (χ2n) is 4.82. The predicted octanol–water partition coefficient (Wildman–Crippen LogP) is 0.766. The maximum absolute atomic E-state index is 12.3. The van der Waals surface area contributed by atoms with E-state index in [2.05, 4.69) is 6.92 Å². The first-order chi connectivity index (χ1) is 8.63. The summed E-state index contributed by atoms with van der Waals surface area (Å²) in [6.07, 6.45) is 2.16. The fourth-order valence-corrected chi connectivity index (χ4v) is 2.67. The highest BCUT2D eigenvalue weighted by atomic mass is 16.5. The number of hydrogen-bond acceptors (Lipinski definition) is 3. The molecule has 2 atom stereocenters. The van der Waals surface area contributed by atoms with E-state index in [-0.39, 0.29) is 12.6 Å². The zero-order valence-corrected chi connectivity index (χ0v) is 10.7. The molecule has 2 amide bonds. The van der Waals surface area contributed by atoms with Gasteiger partial charge in [0.2, 0.25) is 0 Å². The van der Waals surface area contributed by atoms with E-state index in [9.17, 15) is 9.59 Å². The van der Waals surface area contributed by atoms with Gasteiger partial charge in [-0.15, -0.1) is 0 Å². The van der Waals surface area contributed by atoms with Gasteiger partial charge in [0, 0.05) is 19.1 Å². The zero-order chi connectivity index (χ0) is 13.1. The monoisotopic (exact) mass is 256 g/mol. The number of aliphatic carboxylic acids is 1. The summed E-state index contributed by atoms with van der Waals surface area (Å²) >= 11 is 0. The lowest BCUT2D eigenvalue weighted by Crippen LogP contribution is -2.53. The van der Waals surface area contributed by atoms with Crippen molar-refractivity contribution in [1.29, 1.82) is 0 Å². The number of likely N-dealkylation sites (tertiary alicyclic amines) is 1. The summed E-state index contributed by atoms with van der Waals surface area (Å²) in [7, 11) is 0. The second-order valence-corrected chi connectivity index (χ2v) is 4.82. The van der Waals surface area contributed by atoms with E-state index in [4.69, 9.17) is 9.84 Å². The van der Waals surface area contributed by atoms with Crippen molar-refractivity contribution in [3.05, 3.63) is 0 Å². The number of carbonyl (C=O) groups is 2. The molecule has 2 unspecified atom stereocenters. The third-order valence-electron chi connectivity index (χ3n) is 3.71. The highest BCUT2D eigenvalue weighted by Crippen LogP contribution is 2.22. The van der Waals surface area contributed by atoms with Crippen molar-refractivity contribution in [2.24, 2.45) is 0 Å². The van der Waals surface area contributed by atoms with Gasteiger partial charge in [-0.05, 0) is 19.3 Å². The minimum Gasteiger partial charge on any atom is -0.479 e. The predicted molar refractivity (Wildman–Crippen MR) is 64.4 cm³/mol. The molecule has 18 heavy (non-hydrogen) atoms. The molecule has 1 N–H and O–H groups in total. The summed E-state index contributed by atoms with van der Waals surface area (Å²) in [5.41, 5.74) is 0. The Balaban J connectivity index is 1.98. The fourth-order valence-electron chi connectivity index (χ4n) is 2.67. The van der Waals surface area contributed by atoms with E-state index >= 15 is 0 Å². The highest BCUT2D eigenvalue weighted by molar-refractivity contribution is 5.78. The number of carbonyl (C=O) groups excluding carboxylic acids is 1. The molecule has 6 nitrogen and oxygen atoms in total. The van der Waals surface area contributed by atoms with Crippen LogP contribution in [0.4, 0.5) is 4.79 Å². The van der Waals surface area contributed by atoms with Crippen LogP contribution in [-0.4, -0.2) is 65.3 Å². The number of carboxylic acids is 1. The van der Waals surface area contributed by atoms with Crippen molar-refractivity contribution in [3.8, 4) is 0 Å². The first-order valence-corrected chi connectivity index (χ1v) is 6.53. The number of nitrogens with zero attached hydrogens (tertiary/aromatic N) is 2. The quantitative estimate of drug-likeness (QED) is 0.792. The van der Waals surface area contributed by atoms with Crippen molar-refractivity contribution < 1.29 is 19.4 Å².